The number of rotatable bonds is 6. The maximum atomic E-state index is 12.3. The number of hydrogen-bond acceptors (Lipinski definition) is 9. The van der Waals surface area contributed by atoms with Crippen molar-refractivity contribution >= 4 is 42.9 Å². The summed E-state index contributed by atoms with van der Waals surface area (Å²) >= 11 is 4.97. The first-order chi connectivity index (χ1) is 14.8. The van der Waals surface area contributed by atoms with Gasteiger partial charge < -0.3 is 10.2 Å². The van der Waals surface area contributed by atoms with Crippen molar-refractivity contribution in [2.75, 3.05) is 5.73 Å². The Kier molecular flexibility index (Phi) is 5.91. The first-order valence-corrected chi connectivity index (χ1v) is 12.7. The summed E-state index contributed by atoms with van der Waals surface area (Å²) in [4.78, 5) is 11.0. The molecule has 0 saturated heterocycles. The fourth-order valence-corrected chi connectivity index (χ4v) is 5.13. The van der Waals surface area contributed by atoms with Crippen molar-refractivity contribution in [2.45, 2.75) is 29.3 Å². The van der Waals surface area contributed by atoms with Crippen LogP contribution in [0.15, 0.2) is 51.9 Å². The van der Waals surface area contributed by atoms with Gasteiger partial charge in [0.15, 0.2) is 21.3 Å². The molecule has 3 heterocycles. The summed E-state index contributed by atoms with van der Waals surface area (Å²) in [6, 6.07) is 10.4. The van der Waals surface area contributed by atoms with Gasteiger partial charge in [0.1, 0.15) is 0 Å². The van der Waals surface area contributed by atoms with E-state index >= 15 is 0 Å². The van der Waals surface area contributed by atoms with Gasteiger partial charge >= 0.3 is 0 Å². The highest BCUT2D eigenvalue weighted by atomic mass is 79.9. The summed E-state index contributed by atoms with van der Waals surface area (Å²) in [5.41, 5.74) is 7.47. The minimum Gasteiger partial charge on any atom is -0.414 e. The van der Waals surface area contributed by atoms with Crippen LogP contribution in [0.2, 0.25) is 0 Å². The number of aromatic nitrogens is 4. The SMILES string of the molecule is CC(C)S(=O)(=O)c1ccc(-c2cnc(N)c(-c3nnc(-c4ccc(CBr)s4)o3)n2)cc1. The van der Waals surface area contributed by atoms with E-state index in [2.05, 4.69) is 36.1 Å². The van der Waals surface area contributed by atoms with E-state index in [4.69, 9.17) is 10.2 Å². The Hall–Kier alpha value is -2.63. The number of hydrogen-bond donors (Lipinski definition) is 1. The summed E-state index contributed by atoms with van der Waals surface area (Å²) in [7, 11) is -3.35. The van der Waals surface area contributed by atoms with Gasteiger partial charge in [-0.2, -0.15) is 0 Å². The summed E-state index contributed by atoms with van der Waals surface area (Å²) < 4.78 is 30.4. The Bertz CT molecular complexity index is 1330. The van der Waals surface area contributed by atoms with Crippen LogP contribution in [0.5, 0.6) is 0 Å². The van der Waals surface area contributed by atoms with Crippen molar-refractivity contribution in [3.63, 3.8) is 0 Å². The summed E-state index contributed by atoms with van der Waals surface area (Å²) in [5.74, 6) is 0.696. The number of nitrogens with two attached hydrogens (primary N) is 1. The molecular weight excluding hydrogens is 502 g/mol. The maximum Gasteiger partial charge on any atom is 0.270 e. The Morgan fingerprint density at radius 2 is 1.81 bits per heavy atom. The van der Waals surface area contributed by atoms with E-state index in [0.29, 0.717) is 17.1 Å². The van der Waals surface area contributed by atoms with Gasteiger partial charge in [0, 0.05) is 15.8 Å². The van der Waals surface area contributed by atoms with Crippen molar-refractivity contribution in [1.29, 1.82) is 0 Å². The molecule has 4 aromatic rings. The molecule has 1 aromatic carbocycles. The molecule has 0 bridgehead atoms. The molecule has 0 fully saturated rings. The van der Waals surface area contributed by atoms with Crippen LogP contribution in [0.25, 0.3) is 33.6 Å². The van der Waals surface area contributed by atoms with Crippen LogP contribution in [0.1, 0.15) is 18.7 Å². The van der Waals surface area contributed by atoms with Crippen LogP contribution >= 0.6 is 27.3 Å². The lowest BCUT2D eigenvalue weighted by Gasteiger charge is -2.09. The Balaban J connectivity index is 1.67. The first kappa shape index (κ1) is 21.6. The van der Waals surface area contributed by atoms with Crippen LogP contribution in [0, 0.1) is 0 Å². The average Bonchev–Trinajstić information content (AvgIpc) is 3.43. The molecule has 0 unspecified atom stereocenters. The molecule has 2 N–H and O–H groups in total. The zero-order valence-corrected chi connectivity index (χ0v) is 19.8. The van der Waals surface area contributed by atoms with E-state index in [9.17, 15) is 8.42 Å². The van der Waals surface area contributed by atoms with E-state index in [1.165, 1.54) is 6.20 Å². The maximum absolute atomic E-state index is 12.3. The molecule has 3 aromatic heterocycles. The van der Waals surface area contributed by atoms with Gasteiger partial charge in [-0.3, -0.25) is 0 Å². The van der Waals surface area contributed by atoms with E-state index in [-0.39, 0.29) is 22.3 Å². The van der Waals surface area contributed by atoms with E-state index in [1.54, 1.807) is 49.4 Å². The quantitative estimate of drug-likeness (QED) is 0.366. The number of halogens is 1. The topological polar surface area (TPSA) is 125 Å². The fraction of sp³-hybridized carbons (Fsp3) is 0.200. The normalized spacial score (nSPS) is 11.9. The first-order valence-electron chi connectivity index (χ1n) is 9.25. The van der Waals surface area contributed by atoms with Gasteiger partial charge in [-0.1, -0.05) is 28.1 Å². The van der Waals surface area contributed by atoms with Gasteiger partial charge in [0.05, 0.1) is 26.9 Å². The second-order valence-electron chi connectivity index (χ2n) is 6.92. The fourth-order valence-electron chi connectivity index (χ4n) is 2.77. The monoisotopic (exact) mass is 519 g/mol. The molecule has 0 aliphatic carbocycles. The molecule has 0 amide bonds. The van der Waals surface area contributed by atoms with Gasteiger partial charge in [-0.25, -0.2) is 18.4 Å². The minimum atomic E-state index is -3.35. The standard InChI is InChI=1S/C20H18BrN5O3S2/c1-11(2)31(27,28)14-6-3-12(4-7-14)15-10-23-18(22)17(24-15)20-26-25-19(29-20)16-8-5-13(9-21)30-16/h3-8,10-11H,9H2,1-2H3,(H2,22,23). The lowest BCUT2D eigenvalue weighted by Crippen LogP contribution is -2.13. The third-order valence-electron chi connectivity index (χ3n) is 4.53. The lowest BCUT2D eigenvalue weighted by atomic mass is 10.1. The molecule has 0 aliphatic rings. The van der Waals surface area contributed by atoms with Crippen LogP contribution < -0.4 is 5.73 Å². The highest BCUT2D eigenvalue weighted by Gasteiger charge is 2.20. The zero-order valence-electron chi connectivity index (χ0n) is 16.6. The van der Waals surface area contributed by atoms with Gasteiger partial charge in [-0.05, 0) is 38.1 Å². The molecule has 31 heavy (non-hydrogen) atoms. The minimum absolute atomic E-state index is 0.158. The molecule has 8 nitrogen and oxygen atoms in total. The van der Waals surface area contributed by atoms with E-state index in [0.717, 1.165) is 15.1 Å². The number of benzene rings is 1. The van der Waals surface area contributed by atoms with E-state index < -0.39 is 15.1 Å². The molecule has 11 heteroatoms. The second kappa shape index (κ2) is 8.48. The third-order valence-corrected chi connectivity index (χ3v) is 8.75. The Morgan fingerprint density at radius 1 is 1.10 bits per heavy atom. The lowest BCUT2D eigenvalue weighted by molar-refractivity contribution is 0.583. The highest BCUT2D eigenvalue weighted by molar-refractivity contribution is 9.08. The van der Waals surface area contributed by atoms with Crippen molar-refractivity contribution in [2.24, 2.45) is 0 Å². The van der Waals surface area contributed by atoms with Crippen LogP contribution in [-0.4, -0.2) is 33.8 Å². The van der Waals surface area contributed by atoms with E-state index in [1.807, 2.05) is 12.1 Å². The Labute approximate surface area is 191 Å². The Morgan fingerprint density at radius 3 is 2.45 bits per heavy atom. The zero-order chi connectivity index (χ0) is 22.2. The number of nitrogen functional groups attached to an aromatic ring is 1. The van der Waals surface area contributed by atoms with Crippen molar-refractivity contribution in [3.8, 4) is 33.6 Å². The molecule has 4 rings (SSSR count). The van der Waals surface area contributed by atoms with Gasteiger partial charge in [0.25, 0.3) is 11.8 Å². The second-order valence-corrected chi connectivity index (χ2v) is 11.2. The largest absolute Gasteiger partial charge is 0.414 e. The third kappa shape index (κ3) is 4.25. The summed E-state index contributed by atoms with van der Waals surface area (Å²) in [6.07, 6.45) is 1.52. The number of sulfone groups is 1. The molecule has 0 spiro atoms. The van der Waals surface area contributed by atoms with Crippen molar-refractivity contribution < 1.29 is 12.8 Å². The van der Waals surface area contributed by atoms with Crippen LogP contribution in [-0.2, 0) is 15.2 Å². The summed E-state index contributed by atoms with van der Waals surface area (Å²) in [6.45, 7) is 3.30. The van der Waals surface area contributed by atoms with Crippen LogP contribution in [0.4, 0.5) is 5.82 Å². The van der Waals surface area contributed by atoms with Crippen molar-refractivity contribution in [1.82, 2.24) is 20.2 Å². The smallest absolute Gasteiger partial charge is 0.270 e. The predicted molar refractivity (Wildman–Crippen MR) is 123 cm³/mol. The highest BCUT2D eigenvalue weighted by Crippen LogP contribution is 2.32. The number of alkyl halides is 1. The van der Waals surface area contributed by atoms with Gasteiger partial charge in [0.2, 0.25) is 0 Å². The molecule has 0 atom stereocenters. The number of thiophene rings is 1. The number of nitrogens with zero attached hydrogens (tertiary/aromatic N) is 4. The summed E-state index contributed by atoms with van der Waals surface area (Å²) in [5, 5.41) is 8.42. The average molecular weight is 520 g/mol. The van der Waals surface area contributed by atoms with Crippen LogP contribution in [0.3, 0.4) is 0 Å². The molecular formula is C20H18BrN5O3S2. The number of anilines is 1. The molecule has 0 radical (unpaired) electrons. The van der Waals surface area contributed by atoms with Gasteiger partial charge in [-0.15, -0.1) is 21.5 Å². The predicted octanol–water partition coefficient (Wildman–Crippen LogP) is 4.58. The van der Waals surface area contributed by atoms with Crippen molar-refractivity contribution in [3.05, 3.63) is 47.5 Å². The molecule has 0 aliphatic heterocycles. The molecule has 160 valence electrons. The molecule has 0 saturated carbocycles.